The van der Waals surface area contributed by atoms with Gasteiger partial charge >= 0.3 is 5.97 Å². The summed E-state index contributed by atoms with van der Waals surface area (Å²) in [6.45, 7) is 5.65. The van der Waals surface area contributed by atoms with E-state index in [1.54, 1.807) is 6.07 Å². The Morgan fingerprint density at radius 1 is 1.45 bits per heavy atom. The number of imidazole rings is 1. The molecule has 20 heavy (non-hydrogen) atoms. The highest BCUT2D eigenvalue weighted by molar-refractivity contribution is 5.90. The number of methoxy groups -OCH3 is 1. The van der Waals surface area contributed by atoms with Crippen molar-refractivity contribution in [1.29, 1.82) is 0 Å². The molecule has 0 fully saturated rings. The van der Waals surface area contributed by atoms with E-state index in [1.165, 1.54) is 7.11 Å². The molecule has 0 bridgehead atoms. The molecule has 0 saturated carbocycles. The van der Waals surface area contributed by atoms with Gasteiger partial charge in [0, 0.05) is 18.4 Å². The van der Waals surface area contributed by atoms with Gasteiger partial charge in [0.1, 0.15) is 0 Å². The second kappa shape index (κ2) is 6.23. The van der Waals surface area contributed by atoms with Gasteiger partial charge in [0.05, 0.1) is 31.2 Å². The number of esters is 1. The SMILES string of the molecule is CCn1cncc1CNc1ccc(C(=O)OC)cc1C. The highest BCUT2D eigenvalue weighted by atomic mass is 16.5. The fraction of sp³-hybridized carbons (Fsp3) is 0.333. The van der Waals surface area contributed by atoms with Crippen LogP contribution in [0.2, 0.25) is 0 Å². The Labute approximate surface area is 118 Å². The van der Waals surface area contributed by atoms with Gasteiger partial charge in [0.2, 0.25) is 0 Å². The first-order valence-corrected chi connectivity index (χ1v) is 6.57. The number of ether oxygens (including phenoxy) is 1. The summed E-state index contributed by atoms with van der Waals surface area (Å²) < 4.78 is 6.80. The van der Waals surface area contributed by atoms with Gasteiger partial charge in [0.25, 0.3) is 0 Å². The summed E-state index contributed by atoms with van der Waals surface area (Å²) in [7, 11) is 1.38. The van der Waals surface area contributed by atoms with Crippen molar-refractivity contribution in [1.82, 2.24) is 9.55 Å². The fourth-order valence-corrected chi connectivity index (χ4v) is 2.07. The fourth-order valence-electron chi connectivity index (χ4n) is 2.07. The molecule has 1 aromatic carbocycles. The Morgan fingerprint density at radius 2 is 2.25 bits per heavy atom. The second-order valence-electron chi connectivity index (χ2n) is 4.55. The van der Waals surface area contributed by atoms with Crippen molar-refractivity contribution in [3.8, 4) is 0 Å². The van der Waals surface area contributed by atoms with Crippen LogP contribution in [0.3, 0.4) is 0 Å². The highest BCUT2D eigenvalue weighted by Crippen LogP contribution is 2.18. The average molecular weight is 273 g/mol. The number of hydrogen-bond donors (Lipinski definition) is 1. The Balaban J connectivity index is 2.09. The summed E-state index contributed by atoms with van der Waals surface area (Å²) >= 11 is 0. The van der Waals surface area contributed by atoms with Gasteiger partial charge in [-0.25, -0.2) is 9.78 Å². The van der Waals surface area contributed by atoms with Crippen LogP contribution in [0.15, 0.2) is 30.7 Å². The van der Waals surface area contributed by atoms with Crippen molar-refractivity contribution in [2.75, 3.05) is 12.4 Å². The van der Waals surface area contributed by atoms with E-state index in [0.29, 0.717) is 12.1 Å². The molecule has 106 valence electrons. The monoisotopic (exact) mass is 273 g/mol. The van der Waals surface area contributed by atoms with Crippen LogP contribution in [0.1, 0.15) is 28.5 Å². The van der Waals surface area contributed by atoms with Gasteiger partial charge in [-0.05, 0) is 37.6 Å². The van der Waals surface area contributed by atoms with E-state index < -0.39 is 0 Å². The van der Waals surface area contributed by atoms with Crippen LogP contribution in [0.25, 0.3) is 0 Å². The quantitative estimate of drug-likeness (QED) is 0.851. The summed E-state index contributed by atoms with van der Waals surface area (Å²) in [5.41, 5.74) is 3.70. The Morgan fingerprint density at radius 3 is 2.90 bits per heavy atom. The third-order valence-electron chi connectivity index (χ3n) is 3.25. The first-order chi connectivity index (χ1) is 9.65. The molecule has 5 heteroatoms. The van der Waals surface area contributed by atoms with Crippen molar-refractivity contribution >= 4 is 11.7 Å². The molecule has 0 aliphatic rings. The lowest BCUT2D eigenvalue weighted by Crippen LogP contribution is -2.08. The standard InChI is InChI=1S/C15H19N3O2/c1-4-18-10-16-8-13(18)9-17-14-6-5-12(7-11(14)2)15(19)20-3/h5-8,10,17H,4,9H2,1-3H3. The first kappa shape index (κ1) is 14.1. The minimum Gasteiger partial charge on any atom is -0.465 e. The third-order valence-corrected chi connectivity index (χ3v) is 3.25. The van der Waals surface area contributed by atoms with Crippen LogP contribution >= 0.6 is 0 Å². The number of aryl methyl sites for hydroxylation is 2. The van der Waals surface area contributed by atoms with Gasteiger partial charge in [0.15, 0.2) is 0 Å². The summed E-state index contributed by atoms with van der Waals surface area (Å²) in [6, 6.07) is 5.48. The van der Waals surface area contributed by atoms with Crippen molar-refractivity contribution in [2.45, 2.75) is 26.9 Å². The molecule has 5 nitrogen and oxygen atoms in total. The average Bonchev–Trinajstić information content (AvgIpc) is 2.92. The molecule has 0 spiro atoms. The molecule has 0 aliphatic heterocycles. The molecule has 1 N–H and O–H groups in total. The highest BCUT2D eigenvalue weighted by Gasteiger charge is 2.08. The summed E-state index contributed by atoms with van der Waals surface area (Å²) in [4.78, 5) is 15.6. The Bertz CT molecular complexity index is 605. The van der Waals surface area contributed by atoms with Crippen molar-refractivity contribution in [3.63, 3.8) is 0 Å². The van der Waals surface area contributed by atoms with E-state index in [-0.39, 0.29) is 5.97 Å². The molecule has 0 radical (unpaired) electrons. The van der Waals surface area contributed by atoms with E-state index in [9.17, 15) is 4.79 Å². The van der Waals surface area contributed by atoms with Crippen molar-refractivity contribution in [2.24, 2.45) is 0 Å². The zero-order valence-corrected chi connectivity index (χ0v) is 12.0. The molecular weight excluding hydrogens is 254 g/mol. The van der Waals surface area contributed by atoms with Crippen LogP contribution in [0.4, 0.5) is 5.69 Å². The maximum absolute atomic E-state index is 11.5. The molecule has 2 rings (SSSR count). The van der Waals surface area contributed by atoms with Gasteiger partial charge < -0.3 is 14.6 Å². The minimum absolute atomic E-state index is 0.316. The van der Waals surface area contributed by atoms with E-state index in [4.69, 9.17) is 4.74 Å². The predicted octanol–water partition coefficient (Wildman–Crippen LogP) is 2.61. The largest absolute Gasteiger partial charge is 0.465 e. The number of aromatic nitrogens is 2. The third kappa shape index (κ3) is 2.99. The van der Waals surface area contributed by atoms with Gasteiger partial charge in [-0.15, -0.1) is 0 Å². The lowest BCUT2D eigenvalue weighted by Gasteiger charge is -2.11. The molecule has 1 aromatic heterocycles. The lowest BCUT2D eigenvalue weighted by molar-refractivity contribution is 0.0600. The molecule has 0 amide bonds. The van der Waals surface area contributed by atoms with Crippen LogP contribution in [0, 0.1) is 6.92 Å². The predicted molar refractivity (Wildman–Crippen MR) is 77.7 cm³/mol. The van der Waals surface area contributed by atoms with Crippen LogP contribution in [0.5, 0.6) is 0 Å². The number of carbonyl (C=O) groups excluding carboxylic acids is 1. The normalized spacial score (nSPS) is 10.3. The summed E-state index contributed by atoms with van der Waals surface area (Å²) in [5, 5.41) is 3.36. The molecule has 2 aromatic rings. The van der Waals surface area contributed by atoms with E-state index in [2.05, 4.69) is 21.8 Å². The topological polar surface area (TPSA) is 56.2 Å². The molecule has 1 heterocycles. The number of anilines is 1. The van der Waals surface area contributed by atoms with Crippen LogP contribution < -0.4 is 5.32 Å². The van der Waals surface area contributed by atoms with Crippen molar-refractivity contribution < 1.29 is 9.53 Å². The van der Waals surface area contributed by atoms with Crippen molar-refractivity contribution in [3.05, 3.63) is 47.5 Å². The zero-order valence-electron chi connectivity index (χ0n) is 12.0. The molecule has 0 saturated heterocycles. The number of hydrogen-bond acceptors (Lipinski definition) is 4. The maximum Gasteiger partial charge on any atom is 0.337 e. The lowest BCUT2D eigenvalue weighted by atomic mass is 10.1. The summed E-state index contributed by atoms with van der Waals surface area (Å²) in [5.74, 6) is -0.316. The summed E-state index contributed by atoms with van der Waals surface area (Å²) in [6.07, 6.45) is 3.68. The number of rotatable bonds is 5. The van der Waals surface area contributed by atoms with E-state index in [0.717, 1.165) is 23.5 Å². The van der Waals surface area contributed by atoms with E-state index in [1.807, 2.05) is 31.6 Å². The molecule has 0 atom stereocenters. The number of carbonyl (C=O) groups is 1. The first-order valence-electron chi connectivity index (χ1n) is 6.57. The molecule has 0 aliphatic carbocycles. The Kier molecular flexibility index (Phi) is 4.40. The minimum atomic E-state index is -0.316. The van der Waals surface area contributed by atoms with Gasteiger partial charge in [-0.2, -0.15) is 0 Å². The molecule has 0 unspecified atom stereocenters. The van der Waals surface area contributed by atoms with Gasteiger partial charge in [-0.1, -0.05) is 0 Å². The second-order valence-corrected chi connectivity index (χ2v) is 4.55. The number of nitrogens with zero attached hydrogens (tertiary/aromatic N) is 2. The number of benzene rings is 1. The zero-order chi connectivity index (χ0) is 14.5. The molecular formula is C15H19N3O2. The van der Waals surface area contributed by atoms with E-state index >= 15 is 0 Å². The number of nitrogens with one attached hydrogen (secondary N) is 1. The van der Waals surface area contributed by atoms with Gasteiger partial charge in [-0.3, -0.25) is 0 Å². The smallest absolute Gasteiger partial charge is 0.337 e. The Hall–Kier alpha value is -2.30. The maximum atomic E-state index is 11.5. The van der Waals surface area contributed by atoms with Crippen LogP contribution in [-0.4, -0.2) is 22.6 Å². The van der Waals surface area contributed by atoms with Crippen LogP contribution in [-0.2, 0) is 17.8 Å².